The first-order valence-corrected chi connectivity index (χ1v) is 8.61. The molecule has 1 saturated heterocycles. The summed E-state index contributed by atoms with van der Waals surface area (Å²) in [6.07, 6.45) is 1.10. The Bertz CT molecular complexity index is 560. The Morgan fingerprint density at radius 3 is 2.50 bits per heavy atom. The monoisotopic (exact) mass is 334 g/mol. The standard InChI is InChI=1S/C19H30N2O3/c1-14-7-5-6-8-15(14)16(18(2,3)4)21-17(22)20-13-19(23)9-11-24-12-10-19/h5-8,16,23H,9-13H2,1-4H3,(H2,20,21,22)/t16-/m1/s1. The average molecular weight is 334 g/mol. The van der Waals surface area contributed by atoms with Crippen molar-refractivity contribution in [2.75, 3.05) is 19.8 Å². The molecule has 0 aliphatic carbocycles. The van der Waals surface area contributed by atoms with Crippen molar-refractivity contribution in [2.45, 2.75) is 52.2 Å². The molecule has 0 spiro atoms. The lowest BCUT2D eigenvalue weighted by atomic mass is 9.81. The number of ether oxygens (including phenoxy) is 1. The van der Waals surface area contributed by atoms with Gasteiger partial charge in [-0.3, -0.25) is 0 Å². The van der Waals surface area contributed by atoms with Crippen LogP contribution in [-0.4, -0.2) is 36.5 Å². The second kappa shape index (κ2) is 7.53. The summed E-state index contributed by atoms with van der Waals surface area (Å²) < 4.78 is 5.26. The molecular weight excluding hydrogens is 304 g/mol. The SMILES string of the molecule is Cc1ccccc1[C@@H](NC(=O)NCC1(O)CCOCC1)C(C)(C)C. The molecule has 2 amide bonds. The van der Waals surface area contributed by atoms with Gasteiger partial charge in [-0.2, -0.15) is 0 Å². The molecule has 1 fully saturated rings. The molecule has 1 aromatic carbocycles. The van der Waals surface area contributed by atoms with Crippen molar-refractivity contribution in [1.29, 1.82) is 0 Å². The van der Waals surface area contributed by atoms with Gasteiger partial charge < -0.3 is 20.5 Å². The van der Waals surface area contributed by atoms with Crippen LogP contribution in [0.3, 0.4) is 0 Å². The summed E-state index contributed by atoms with van der Waals surface area (Å²) >= 11 is 0. The van der Waals surface area contributed by atoms with Crippen molar-refractivity contribution in [2.24, 2.45) is 5.41 Å². The van der Waals surface area contributed by atoms with Gasteiger partial charge >= 0.3 is 6.03 Å². The molecule has 1 heterocycles. The quantitative estimate of drug-likeness (QED) is 0.793. The van der Waals surface area contributed by atoms with E-state index in [1.807, 2.05) is 12.1 Å². The van der Waals surface area contributed by atoms with Gasteiger partial charge in [-0.05, 0) is 23.5 Å². The van der Waals surface area contributed by atoms with Gasteiger partial charge in [0.2, 0.25) is 0 Å². The Morgan fingerprint density at radius 2 is 1.92 bits per heavy atom. The third-order valence-corrected chi connectivity index (χ3v) is 4.64. The lowest BCUT2D eigenvalue weighted by Gasteiger charge is -2.35. The molecule has 1 aliphatic heterocycles. The third-order valence-electron chi connectivity index (χ3n) is 4.64. The Hall–Kier alpha value is -1.59. The van der Waals surface area contributed by atoms with E-state index in [1.54, 1.807) is 0 Å². The van der Waals surface area contributed by atoms with E-state index >= 15 is 0 Å². The molecule has 1 aliphatic rings. The molecule has 134 valence electrons. The van der Waals surface area contributed by atoms with Gasteiger partial charge in [-0.1, -0.05) is 45.0 Å². The minimum Gasteiger partial charge on any atom is -0.388 e. The van der Waals surface area contributed by atoms with E-state index in [0.29, 0.717) is 26.1 Å². The molecule has 0 radical (unpaired) electrons. The number of nitrogens with one attached hydrogen (secondary N) is 2. The lowest BCUT2D eigenvalue weighted by molar-refractivity contribution is -0.0601. The van der Waals surface area contributed by atoms with Crippen molar-refractivity contribution < 1.29 is 14.6 Å². The van der Waals surface area contributed by atoms with Crippen LogP contribution in [0, 0.1) is 12.3 Å². The van der Waals surface area contributed by atoms with Crippen LogP contribution in [0.25, 0.3) is 0 Å². The van der Waals surface area contributed by atoms with E-state index in [9.17, 15) is 9.90 Å². The first kappa shape index (κ1) is 18.7. The predicted octanol–water partition coefficient (Wildman–Crippen LogP) is 2.92. The van der Waals surface area contributed by atoms with Gasteiger partial charge in [-0.25, -0.2) is 4.79 Å². The van der Waals surface area contributed by atoms with Crippen molar-refractivity contribution in [3.63, 3.8) is 0 Å². The Balaban J connectivity index is 2.02. The van der Waals surface area contributed by atoms with Crippen LogP contribution in [0.4, 0.5) is 4.79 Å². The largest absolute Gasteiger partial charge is 0.388 e. The Kier molecular flexibility index (Phi) is 5.88. The minimum absolute atomic E-state index is 0.108. The zero-order valence-corrected chi connectivity index (χ0v) is 15.2. The van der Waals surface area contributed by atoms with E-state index in [0.717, 1.165) is 11.1 Å². The van der Waals surface area contributed by atoms with Gasteiger partial charge in [0.1, 0.15) is 0 Å². The molecule has 1 aromatic rings. The first-order valence-electron chi connectivity index (χ1n) is 8.61. The highest BCUT2D eigenvalue weighted by Gasteiger charge is 2.32. The summed E-state index contributed by atoms with van der Waals surface area (Å²) in [6.45, 7) is 9.69. The molecule has 5 heteroatoms. The number of hydrogen-bond acceptors (Lipinski definition) is 3. The van der Waals surface area contributed by atoms with Crippen molar-refractivity contribution in [3.05, 3.63) is 35.4 Å². The fourth-order valence-corrected chi connectivity index (χ4v) is 3.03. The molecular formula is C19H30N2O3. The summed E-state index contributed by atoms with van der Waals surface area (Å²) in [5.74, 6) is 0. The molecule has 3 N–H and O–H groups in total. The van der Waals surface area contributed by atoms with E-state index in [-0.39, 0.29) is 24.0 Å². The third kappa shape index (κ3) is 4.95. The average Bonchev–Trinajstić information content (AvgIpc) is 2.51. The smallest absolute Gasteiger partial charge is 0.315 e. The zero-order chi connectivity index (χ0) is 17.8. The van der Waals surface area contributed by atoms with Crippen LogP contribution in [0.2, 0.25) is 0 Å². The zero-order valence-electron chi connectivity index (χ0n) is 15.2. The summed E-state index contributed by atoms with van der Waals surface area (Å²) in [4.78, 5) is 12.4. The lowest BCUT2D eigenvalue weighted by Crippen LogP contribution is -2.50. The van der Waals surface area contributed by atoms with Crippen LogP contribution >= 0.6 is 0 Å². The fraction of sp³-hybridized carbons (Fsp3) is 0.632. The van der Waals surface area contributed by atoms with E-state index in [4.69, 9.17) is 4.74 Å². The Labute approximate surface area is 144 Å². The van der Waals surface area contributed by atoms with Crippen LogP contribution in [-0.2, 0) is 4.74 Å². The normalized spacial score (nSPS) is 18.7. The molecule has 0 saturated carbocycles. The van der Waals surface area contributed by atoms with Crippen molar-refractivity contribution >= 4 is 6.03 Å². The van der Waals surface area contributed by atoms with Crippen LogP contribution in [0.15, 0.2) is 24.3 Å². The number of urea groups is 1. The number of carbonyl (C=O) groups is 1. The second-order valence-corrected chi connectivity index (χ2v) is 7.82. The summed E-state index contributed by atoms with van der Waals surface area (Å²) in [5.41, 5.74) is 1.28. The maximum Gasteiger partial charge on any atom is 0.315 e. The molecule has 0 bridgehead atoms. The fourth-order valence-electron chi connectivity index (χ4n) is 3.03. The highest BCUT2D eigenvalue weighted by Crippen LogP contribution is 2.34. The number of benzene rings is 1. The molecule has 24 heavy (non-hydrogen) atoms. The summed E-state index contributed by atoms with van der Waals surface area (Å²) in [5, 5.41) is 16.4. The van der Waals surface area contributed by atoms with Gasteiger partial charge in [0, 0.05) is 32.6 Å². The molecule has 0 unspecified atom stereocenters. The van der Waals surface area contributed by atoms with Crippen molar-refractivity contribution in [3.8, 4) is 0 Å². The highest BCUT2D eigenvalue weighted by molar-refractivity contribution is 5.74. The maximum atomic E-state index is 12.4. The van der Waals surface area contributed by atoms with Gasteiger partial charge in [0.25, 0.3) is 0 Å². The van der Waals surface area contributed by atoms with Gasteiger partial charge in [0.05, 0.1) is 11.6 Å². The first-order chi connectivity index (χ1) is 11.2. The maximum absolute atomic E-state index is 12.4. The highest BCUT2D eigenvalue weighted by atomic mass is 16.5. The van der Waals surface area contributed by atoms with Gasteiger partial charge in [-0.15, -0.1) is 0 Å². The number of amides is 2. The number of aliphatic hydroxyl groups is 1. The van der Waals surface area contributed by atoms with Crippen LogP contribution in [0.5, 0.6) is 0 Å². The topological polar surface area (TPSA) is 70.6 Å². The number of aryl methyl sites for hydroxylation is 1. The number of carbonyl (C=O) groups excluding carboxylic acids is 1. The van der Waals surface area contributed by atoms with Crippen LogP contribution < -0.4 is 10.6 Å². The summed E-state index contributed by atoms with van der Waals surface area (Å²) in [6, 6.07) is 7.74. The molecule has 2 rings (SSSR count). The molecule has 5 nitrogen and oxygen atoms in total. The molecule has 1 atom stereocenters. The second-order valence-electron chi connectivity index (χ2n) is 7.82. The minimum atomic E-state index is -0.866. The predicted molar refractivity (Wildman–Crippen MR) is 94.9 cm³/mol. The van der Waals surface area contributed by atoms with E-state index < -0.39 is 5.60 Å². The summed E-state index contributed by atoms with van der Waals surface area (Å²) in [7, 11) is 0. The van der Waals surface area contributed by atoms with Crippen molar-refractivity contribution in [1.82, 2.24) is 10.6 Å². The van der Waals surface area contributed by atoms with Crippen LogP contribution in [0.1, 0.15) is 50.8 Å². The number of rotatable bonds is 4. The Morgan fingerprint density at radius 1 is 1.29 bits per heavy atom. The number of hydrogen-bond donors (Lipinski definition) is 3. The molecule has 0 aromatic heterocycles. The van der Waals surface area contributed by atoms with Gasteiger partial charge in [0.15, 0.2) is 0 Å². The van der Waals surface area contributed by atoms with E-state index in [2.05, 4.69) is 50.5 Å². The van der Waals surface area contributed by atoms with E-state index in [1.165, 1.54) is 0 Å².